The van der Waals surface area contributed by atoms with Gasteiger partial charge >= 0.3 is 5.97 Å². The van der Waals surface area contributed by atoms with Crippen LogP contribution in [0.15, 0.2) is 52.3 Å². The maximum Gasteiger partial charge on any atom is 0.341 e. The topological polar surface area (TPSA) is 73.9 Å². The molecule has 3 rings (SSSR count). The van der Waals surface area contributed by atoms with Crippen molar-refractivity contribution in [3.63, 3.8) is 0 Å². The number of anilines is 1. The summed E-state index contributed by atoms with van der Waals surface area (Å²) < 4.78 is 17.3. The number of esters is 1. The molecule has 0 aliphatic carbocycles. The van der Waals surface area contributed by atoms with Gasteiger partial charge in [0, 0.05) is 21.0 Å². The Balaban J connectivity index is 1.82. The molecule has 6 nitrogen and oxygen atoms in total. The first-order valence-corrected chi connectivity index (χ1v) is 12.5. The number of methoxy groups -OCH3 is 1. The highest BCUT2D eigenvalue weighted by Crippen LogP contribution is 2.37. The van der Waals surface area contributed by atoms with Crippen LogP contribution in [0.5, 0.6) is 11.5 Å². The Hall–Kier alpha value is -2.84. The number of carbonyl (C=O) groups is 2. The molecule has 0 radical (unpaired) electrons. The van der Waals surface area contributed by atoms with Crippen LogP contribution in [-0.4, -0.2) is 32.2 Å². The summed E-state index contributed by atoms with van der Waals surface area (Å²) in [4.78, 5) is 25.5. The van der Waals surface area contributed by atoms with E-state index in [1.807, 2.05) is 47.8 Å². The van der Waals surface area contributed by atoms with E-state index in [9.17, 15) is 9.59 Å². The first-order valence-electron chi connectivity index (χ1n) is 10.8. The quantitative estimate of drug-likeness (QED) is 0.319. The van der Waals surface area contributed by atoms with Gasteiger partial charge in [0.05, 0.1) is 13.7 Å². The molecular formula is C26H28BrNO5S. The van der Waals surface area contributed by atoms with Crippen LogP contribution in [0, 0.1) is 0 Å². The van der Waals surface area contributed by atoms with E-state index < -0.39 is 5.97 Å². The van der Waals surface area contributed by atoms with E-state index in [2.05, 4.69) is 42.0 Å². The number of halogens is 1. The minimum atomic E-state index is -0.492. The van der Waals surface area contributed by atoms with Gasteiger partial charge in [-0.25, -0.2) is 4.79 Å². The molecule has 8 heteroatoms. The second-order valence-electron chi connectivity index (χ2n) is 8.53. The van der Waals surface area contributed by atoms with Crippen LogP contribution in [0.3, 0.4) is 0 Å². The molecule has 0 aliphatic rings. The zero-order chi connectivity index (χ0) is 24.9. The highest BCUT2D eigenvalue weighted by atomic mass is 79.9. The number of hydrogen-bond donors (Lipinski definition) is 1. The summed E-state index contributed by atoms with van der Waals surface area (Å²) in [5, 5.41) is 5.07. The van der Waals surface area contributed by atoms with Crippen molar-refractivity contribution >= 4 is 44.1 Å². The van der Waals surface area contributed by atoms with Gasteiger partial charge in [-0.3, -0.25) is 4.79 Å². The van der Waals surface area contributed by atoms with Gasteiger partial charge in [-0.2, -0.15) is 0 Å². The fourth-order valence-electron chi connectivity index (χ4n) is 3.36. The average Bonchev–Trinajstić information content (AvgIpc) is 3.21. The molecule has 34 heavy (non-hydrogen) atoms. The van der Waals surface area contributed by atoms with Crippen LogP contribution in [0.1, 0.15) is 43.6 Å². The molecule has 3 aromatic rings. The molecule has 0 unspecified atom stereocenters. The van der Waals surface area contributed by atoms with E-state index in [0.29, 0.717) is 27.6 Å². The van der Waals surface area contributed by atoms with Crippen molar-refractivity contribution in [1.29, 1.82) is 0 Å². The smallest absolute Gasteiger partial charge is 0.341 e. The fourth-order valence-corrected chi connectivity index (χ4v) is 4.69. The van der Waals surface area contributed by atoms with Gasteiger partial charge in [-0.1, -0.05) is 48.8 Å². The zero-order valence-electron chi connectivity index (χ0n) is 19.9. The van der Waals surface area contributed by atoms with Gasteiger partial charge in [0.15, 0.2) is 6.61 Å². The highest BCUT2D eigenvalue weighted by molar-refractivity contribution is 9.10. The predicted molar refractivity (Wildman–Crippen MR) is 139 cm³/mol. The summed E-state index contributed by atoms with van der Waals surface area (Å²) in [5.41, 5.74) is 2.66. The number of carbonyl (C=O) groups excluding carboxylic acids is 2. The van der Waals surface area contributed by atoms with Crippen molar-refractivity contribution in [3.05, 3.63) is 63.4 Å². The van der Waals surface area contributed by atoms with Crippen molar-refractivity contribution in [1.82, 2.24) is 0 Å². The highest BCUT2D eigenvalue weighted by Gasteiger charge is 2.24. The number of amides is 1. The van der Waals surface area contributed by atoms with Crippen molar-refractivity contribution < 1.29 is 23.8 Å². The van der Waals surface area contributed by atoms with E-state index in [4.69, 9.17) is 14.2 Å². The molecule has 0 saturated carbocycles. The normalized spacial score (nSPS) is 11.1. The molecule has 1 N–H and O–H groups in total. The Morgan fingerprint density at radius 3 is 2.41 bits per heavy atom. The third kappa shape index (κ3) is 6.18. The van der Waals surface area contributed by atoms with E-state index in [1.165, 1.54) is 11.3 Å². The van der Waals surface area contributed by atoms with Gasteiger partial charge in [-0.15, -0.1) is 11.3 Å². The van der Waals surface area contributed by atoms with Crippen LogP contribution >= 0.6 is 27.3 Å². The average molecular weight is 546 g/mol. The van der Waals surface area contributed by atoms with Gasteiger partial charge in [-0.05, 0) is 48.2 Å². The van der Waals surface area contributed by atoms with Gasteiger partial charge < -0.3 is 19.5 Å². The number of rotatable bonds is 8. The summed E-state index contributed by atoms with van der Waals surface area (Å²) in [7, 11) is 1.60. The first kappa shape index (κ1) is 25.8. The van der Waals surface area contributed by atoms with Crippen LogP contribution in [-0.2, 0) is 14.9 Å². The lowest BCUT2D eigenvalue weighted by molar-refractivity contribution is -0.118. The lowest BCUT2D eigenvalue weighted by atomic mass is 9.86. The Bertz CT molecular complexity index is 1160. The van der Waals surface area contributed by atoms with E-state index in [0.717, 1.165) is 15.6 Å². The van der Waals surface area contributed by atoms with Crippen molar-refractivity contribution in [2.75, 3.05) is 25.6 Å². The standard InChI is InChI=1S/C26H28BrNO5S/c1-6-32-25(30)23-19(16-7-10-18(31-5)11-8-16)15-34-24(23)28-22(29)14-33-21-12-9-17(27)13-20(21)26(2,3)4/h7-13,15H,6,14H2,1-5H3,(H,28,29). The molecule has 0 saturated heterocycles. The Labute approximate surface area is 212 Å². The third-order valence-electron chi connectivity index (χ3n) is 5.03. The molecule has 0 bridgehead atoms. The number of benzene rings is 2. The summed E-state index contributed by atoms with van der Waals surface area (Å²) in [6.07, 6.45) is 0. The predicted octanol–water partition coefficient (Wildman–Crippen LogP) is 6.68. The lowest BCUT2D eigenvalue weighted by Crippen LogP contribution is -2.22. The van der Waals surface area contributed by atoms with Crippen molar-refractivity contribution in [2.24, 2.45) is 0 Å². The number of ether oxygens (including phenoxy) is 3. The Morgan fingerprint density at radius 2 is 1.79 bits per heavy atom. The van der Waals surface area contributed by atoms with Gasteiger partial charge in [0.25, 0.3) is 5.91 Å². The molecule has 1 amide bonds. The molecule has 0 fully saturated rings. The zero-order valence-corrected chi connectivity index (χ0v) is 22.3. The van der Waals surface area contributed by atoms with Gasteiger partial charge in [0.2, 0.25) is 0 Å². The van der Waals surface area contributed by atoms with E-state index in [-0.39, 0.29) is 24.5 Å². The summed E-state index contributed by atoms with van der Waals surface area (Å²) in [5.74, 6) is 0.497. The number of thiophene rings is 1. The van der Waals surface area contributed by atoms with Crippen LogP contribution in [0.25, 0.3) is 11.1 Å². The molecule has 1 heterocycles. The number of nitrogens with one attached hydrogen (secondary N) is 1. The molecule has 180 valence electrons. The molecule has 0 atom stereocenters. The lowest BCUT2D eigenvalue weighted by Gasteiger charge is -2.23. The maximum absolute atomic E-state index is 12.8. The Kier molecular flexibility index (Phi) is 8.38. The van der Waals surface area contributed by atoms with Crippen LogP contribution in [0.2, 0.25) is 0 Å². The first-order chi connectivity index (χ1) is 16.1. The largest absolute Gasteiger partial charge is 0.497 e. The summed E-state index contributed by atoms with van der Waals surface area (Å²) in [6, 6.07) is 13.1. The van der Waals surface area contributed by atoms with Crippen molar-refractivity contribution in [2.45, 2.75) is 33.1 Å². The molecule has 0 aliphatic heterocycles. The molecule has 1 aromatic heterocycles. The van der Waals surface area contributed by atoms with Crippen LogP contribution in [0.4, 0.5) is 5.00 Å². The summed E-state index contributed by atoms with van der Waals surface area (Å²) in [6.45, 7) is 8.03. The monoisotopic (exact) mass is 545 g/mol. The molecular weight excluding hydrogens is 518 g/mol. The van der Waals surface area contributed by atoms with Gasteiger partial charge in [0.1, 0.15) is 22.1 Å². The fraction of sp³-hybridized carbons (Fsp3) is 0.308. The number of hydrogen-bond acceptors (Lipinski definition) is 6. The Morgan fingerprint density at radius 1 is 1.09 bits per heavy atom. The minimum absolute atomic E-state index is 0.159. The molecule has 2 aromatic carbocycles. The van der Waals surface area contributed by atoms with E-state index in [1.54, 1.807) is 14.0 Å². The summed E-state index contributed by atoms with van der Waals surface area (Å²) >= 11 is 4.76. The maximum atomic E-state index is 12.8. The molecule has 0 spiro atoms. The van der Waals surface area contributed by atoms with Crippen LogP contribution < -0.4 is 14.8 Å². The minimum Gasteiger partial charge on any atom is -0.497 e. The second-order valence-corrected chi connectivity index (χ2v) is 10.3. The third-order valence-corrected chi connectivity index (χ3v) is 6.42. The second kappa shape index (κ2) is 11.1. The SMILES string of the molecule is CCOC(=O)c1c(-c2ccc(OC)cc2)csc1NC(=O)COc1ccc(Br)cc1C(C)(C)C. The van der Waals surface area contributed by atoms with E-state index >= 15 is 0 Å². The van der Waals surface area contributed by atoms with Crippen molar-refractivity contribution in [3.8, 4) is 22.6 Å².